The van der Waals surface area contributed by atoms with E-state index in [0.29, 0.717) is 12.5 Å². The summed E-state index contributed by atoms with van der Waals surface area (Å²) < 4.78 is 17.4. The molecule has 3 aromatic carbocycles. The van der Waals surface area contributed by atoms with E-state index in [0.717, 1.165) is 29.9 Å². The normalized spacial score (nSPS) is 11.7. The number of unbranched alkanes of at least 4 members (excludes halogenated alkanes) is 1. The standard InChI is InChI=1S/C28H35BO3.C8H20N/c1-5-6-7-28(24-12-18-27(32-4)19-13-24)29(20-22-8-14-25(30-2)15-9-22)21-23-10-16-26(31-3)17-11-23;1-5-9(6-2,7-3)8-4/h8-19,28H,5-7,20-21H2,1-4H3;5-8H2,1-4H3/q;+1. The van der Waals surface area contributed by atoms with Crippen molar-refractivity contribution in [1.82, 2.24) is 0 Å². The predicted molar refractivity (Wildman–Crippen MR) is 177 cm³/mol. The zero-order valence-electron chi connectivity index (χ0n) is 27.1. The molecule has 3 rings (SSSR count). The lowest BCUT2D eigenvalue weighted by Gasteiger charge is -2.34. The summed E-state index contributed by atoms with van der Waals surface area (Å²) in [5.41, 5.74) is 4.09. The van der Waals surface area contributed by atoms with Crippen LogP contribution in [0.2, 0.25) is 0 Å². The van der Waals surface area contributed by atoms with E-state index in [4.69, 9.17) is 14.2 Å². The molecule has 0 saturated carbocycles. The van der Waals surface area contributed by atoms with Crippen LogP contribution in [0.4, 0.5) is 0 Å². The minimum Gasteiger partial charge on any atom is -0.497 e. The Balaban J connectivity index is 0.000000564. The first-order valence-electron chi connectivity index (χ1n) is 15.7. The van der Waals surface area contributed by atoms with Gasteiger partial charge in [0.1, 0.15) is 17.2 Å². The van der Waals surface area contributed by atoms with Gasteiger partial charge in [-0.3, -0.25) is 0 Å². The molecular formula is C36H55BNO3+. The van der Waals surface area contributed by atoms with E-state index in [9.17, 15) is 0 Å². The Labute approximate surface area is 251 Å². The van der Waals surface area contributed by atoms with Crippen molar-refractivity contribution in [3.05, 3.63) is 89.5 Å². The van der Waals surface area contributed by atoms with Crippen molar-refractivity contribution in [2.24, 2.45) is 0 Å². The SMILES string of the molecule is CCCCC(B(Cc1ccc(OC)cc1)Cc1ccc(OC)cc1)c1ccc(OC)cc1.CC[N+](CC)(CC)CC. The van der Waals surface area contributed by atoms with Gasteiger partial charge in [-0.15, -0.1) is 0 Å². The van der Waals surface area contributed by atoms with Crippen molar-refractivity contribution in [2.75, 3.05) is 47.5 Å². The quantitative estimate of drug-likeness (QED) is 0.130. The van der Waals surface area contributed by atoms with Gasteiger partial charge in [0.05, 0.1) is 47.5 Å². The second-order valence-electron chi connectivity index (χ2n) is 11.0. The minimum atomic E-state index is 0.477. The molecule has 1 unspecified atom stereocenters. The van der Waals surface area contributed by atoms with Gasteiger partial charge in [0.15, 0.2) is 6.71 Å². The molecule has 224 valence electrons. The highest BCUT2D eigenvalue weighted by Gasteiger charge is 2.27. The van der Waals surface area contributed by atoms with E-state index in [1.54, 1.807) is 21.3 Å². The minimum absolute atomic E-state index is 0.477. The summed E-state index contributed by atoms with van der Waals surface area (Å²) in [6.45, 7) is 17.0. The third kappa shape index (κ3) is 10.8. The highest BCUT2D eigenvalue weighted by Crippen LogP contribution is 2.31. The lowest BCUT2D eigenvalue weighted by molar-refractivity contribution is -0.921. The number of ether oxygens (including phenoxy) is 3. The fraction of sp³-hybridized carbons (Fsp3) is 0.500. The first kappa shape index (κ1) is 34.3. The molecule has 0 aliphatic heterocycles. The van der Waals surface area contributed by atoms with Crippen molar-refractivity contribution in [2.45, 2.75) is 72.3 Å². The molecule has 3 aromatic rings. The molecule has 0 saturated heterocycles. The maximum absolute atomic E-state index is 5.40. The fourth-order valence-corrected chi connectivity index (χ4v) is 5.78. The Hall–Kier alpha value is -2.92. The van der Waals surface area contributed by atoms with Crippen molar-refractivity contribution >= 4 is 6.71 Å². The molecular weight excluding hydrogens is 505 g/mol. The molecule has 1 atom stereocenters. The Bertz CT molecular complexity index is 1010. The summed E-state index contributed by atoms with van der Waals surface area (Å²) in [4.78, 5) is 0. The molecule has 4 nitrogen and oxygen atoms in total. The Kier molecular flexibility index (Phi) is 15.5. The van der Waals surface area contributed by atoms with Crippen LogP contribution in [0.15, 0.2) is 72.8 Å². The molecule has 0 aromatic heterocycles. The van der Waals surface area contributed by atoms with Crippen molar-refractivity contribution < 1.29 is 18.7 Å². The molecule has 0 radical (unpaired) electrons. The second-order valence-corrected chi connectivity index (χ2v) is 11.0. The Morgan fingerprint density at radius 3 is 1.22 bits per heavy atom. The van der Waals surface area contributed by atoms with E-state index in [1.807, 2.05) is 0 Å². The van der Waals surface area contributed by atoms with Crippen LogP contribution in [0.3, 0.4) is 0 Å². The smallest absolute Gasteiger partial charge is 0.157 e. The predicted octanol–water partition coefficient (Wildman–Crippen LogP) is 8.47. The average molecular weight is 561 g/mol. The third-order valence-electron chi connectivity index (χ3n) is 8.98. The monoisotopic (exact) mass is 560 g/mol. The highest BCUT2D eigenvalue weighted by atomic mass is 16.5. The lowest BCUT2D eigenvalue weighted by Crippen LogP contribution is -2.47. The van der Waals surface area contributed by atoms with Crippen molar-refractivity contribution in [1.29, 1.82) is 0 Å². The zero-order valence-corrected chi connectivity index (χ0v) is 27.1. The van der Waals surface area contributed by atoms with Gasteiger partial charge < -0.3 is 18.7 Å². The van der Waals surface area contributed by atoms with E-state index in [2.05, 4.69) is 107 Å². The summed E-state index contributed by atoms with van der Waals surface area (Å²) in [5.74, 6) is 3.19. The molecule has 5 heteroatoms. The van der Waals surface area contributed by atoms with Gasteiger partial charge >= 0.3 is 0 Å². The van der Waals surface area contributed by atoms with Crippen LogP contribution in [0.5, 0.6) is 17.2 Å². The van der Waals surface area contributed by atoms with E-state index < -0.39 is 0 Å². The first-order valence-corrected chi connectivity index (χ1v) is 15.7. The van der Waals surface area contributed by atoms with Crippen LogP contribution in [0, 0.1) is 0 Å². The summed E-state index contributed by atoms with van der Waals surface area (Å²) >= 11 is 0. The van der Waals surface area contributed by atoms with Crippen LogP contribution in [-0.4, -0.2) is 58.7 Å². The maximum Gasteiger partial charge on any atom is 0.157 e. The third-order valence-corrected chi connectivity index (χ3v) is 8.98. The van der Waals surface area contributed by atoms with Gasteiger partial charge in [-0.2, -0.15) is 0 Å². The molecule has 0 fully saturated rings. The Morgan fingerprint density at radius 1 is 0.561 bits per heavy atom. The molecule has 0 aliphatic rings. The molecule has 0 bridgehead atoms. The molecule has 0 spiro atoms. The van der Waals surface area contributed by atoms with Crippen LogP contribution >= 0.6 is 0 Å². The van der Waals surface area contributed by atoms with E-state index in [-0.39, 0.29) is 0 Å². The second kappa shape index (κ2) is 18.5. The molecule has 0 aliphatic carbocycles. The number of methoxy groups -OCH3 is 3. The zero-order chi connectivity index (χ0) is 30.1. The van der Waals surface area contributed by atoms with Gasteiger partial charge in [0.2, 0.25) is 0 Å². The van der Waals surface area contributed by atoms with Crippen LogP contribution < -0.4 is 14.2 Å². The number of nitrogens with zero attached hydrogens (tertiary/aromatic N) is 1. The summed E-state index contributed by atoms with van der Waals surface area (Å²) in [6.07, 6.45) is 5.65. The van der Waals surface area contributed by atoms with Crippen molar-refractivity contribution in [3.8, 4) is 17.2 Å². The molecule has 0 N–H and O–H groups in total. The summed E-state index contributed by atoms with van der Waals surface area (Å²) in [5, 5.41) is 0. The highest BCUT2D eigenvalue weighted by molar-refractivity contribution is 6.59. The number of quaternary nitrogens is 1. The molecule has 0 amide bonds. The number of hydrogen-bond donors (Lipinski definition) is 0. The lowest BCUT2D eigenvalue weighted by atomic mass is 9.34. The van der Waals surface area contributed by atoms with E-state index >= 15 is 0 Å². The first-order chi connectivity index (χ1) is 19.9. The summed E-state index contributed by atoms with van der Waals surface area (Å²) in [6, 6.07) is 25.7. The van der Waals surface area contributed by atoms with Crippen LogP contribution in [0.1, 0.15) is 76.4 Å². The largest absolute Gasteiger partial charge is 0.497 e. The van der Waals surface area contributed by atoms with Gasteiger partial charge in [-0.25, -0.2) is 0 Å². The fourth-order valence-electron chi connectivity index (χ4n) is 5.78. The average Bonchev–Trinajstić information content (AvgIpc) is 3.04. The van der Waals surface area contributed by atoms with Gasteiger partial charge in [-0.05, 0) is 82.6 Å². The molecule has 0 heterocycles. The van der Waals surface area contributed by atoms with Gasteiger partial charge in [0, 0.05) is 0 Å². The van der Waals surface area contributed by atoms with Crippen molar-refractivity contribution in [3.63, 3.8) is 0 Å². The number of rotatable bonds is 16. The topological polar surface area (TPSA) is 27.7 Å². The number of benzene rings is 3. The van der Waals surface area contributed by atoms with Crippen LogP contribution in [-0.2, 0) is 12.6 Å². The maximum atomic E-state index is 5.40. The number of hydrogen-bond acceptors (Lipinski definition) is 3. The Morgan fingerprint density at radius 2 is 0.927 bits per heavy atom. The van der Waals surface area contributed by atoms with Gasteiger partial charge in [0.25, 0.3) is 0 Å². The summed E-state index contributed by atoms with van der Waals surface area (Å²) in [7, 11) is 5.15. The van der Waals surface area contributed by atoms with Gasteiger partial charge in [-0.1, -0.05) is 79.3 Å². The van der Waals surface area contributed by atoms with E-state index in [1.165, 1.54) is 66.6 Å². The molecule has 41 heavy (non-hydrogen) atoms. The van der Waals surface area contributed by atoms with Crippen LogP contribution in [0.25, 0.3) is 0 Å².